The first-order chi connectivity index (χ1) is 12.1. The lowest BCUT2D eigenvalue weighted by atomic mass is 10.1. The average Bonchev–Trinajstić information content (AvgIpc) is 2.62. The van der Waals surface area contributed by atoms with E-state index in [-0.39, 0.29) is 11.2 Å². The minimum absolute atomic E-state index is 0.0671. The molecule has 0 aliphatic heterocycles. The lowest BCUT2D eigenvalue weighted by Gasteiger charge is -2.15. The van der Waals surface area contributed by atoms with Crippen LogP contribution in [0.4, 0.5) is 0 Å². The van der Waals surface area contributed by atoms with E-state index in [1.807, 2.05) is 43.0 Å². The summed E-state index contributed by atoms with van der Waals surface area (Å²) in [5.41, 5.74) is 2.69. The SMILES string of the molecule is CC[C@@H](Sc1ccc(Cl)cc1)C(=O)NCCSCc1ccccc1C. The standard InChI is InChI=1S/C20H24ClNOS2/c1-3-19(25-18-10-8-17(21)9-11-18)20(23)22-12-13-24-14-16-7-5-4-6-15(16)2/h4-11,19H,3,12-14H2,1-2H3,(H,22,23)/t19-/m1/s1. The quantitative estimate of drug-likeness (QED) is 0.446. The average molecular weight is 394 g/mol. The van der Waals surface area contributed by atoms with Crippen LogP contribution in [0.3, 0.4) is 0 Å². The van der Waals surface area contributed by atoms with Crippen LogP contribution < -0.4 is 5.32 Å². The summed E-state index contributed by atoms with van der Waals surface area (Å²) in [4.78, 5) is 13.4. The molecule has 2 aromatic carbocycles. The molecule has 5 heteroatoms. The number of halogens is 1. The molecule has 2 rings (SSSR count). The minimum atomic E-state index is -0.0671. The molecule has 0 aliphatic rings. The van der Waals surface area contributed by atoms with E-state index in [1.54, 1.807) is 11.8 Å². The fourth-order valence-electron chi connectivity index (χ4n) is 2.31. The van der Waals surface area contributed by atoms with Gasteiger partial charge in [-0.1, -0.05) is 42.8 Å². The molecule has 1 atom stereocenters. The van der Waals surface area contributed by atoms with Crippen LogP contribution >= 0.6 is 35.1 Å². The highest BCUT2D eigenvalue weighted by molar-refractivity contribution is 8.00. The third-order valence-electron chi connectivity index (χ3n) is 3.82. The Hall–Kier alpha value is -1.10. The predicted molar refractivity (Wildman–Crippen MR) is 112 cm³/mol. The molecule has 0 radical (unpaired) electrons. The van der Waals surface area contributed by atoms with E-state index in [9.17, 15) is 4.79 Å². The second kappa shape index (κ2) is 10.8. The lowest BCUT2D eigenvalue weighted by molar-refractivity contribution is -0.120. The molecule has 2 nitrogen and oxygen atoms in total. The molecule has 2 aromatic rings. The van der Waals surface area contributed by atoms with Crippen molar-refractivity contribution in [2.45, 2.75) is 36.2 Å². The number of thioether (sulfide) groups is 2. The Kier molecular flexibility index (Phi) is 8.73. The first-order valence-electron chi connectivity index (χ1n) is 8.42. The molecule has 0 saturated carbocycles. The molecular formula is C20H24ClNOS2. The molecule has 0 heterocycles. The molecule has 0 aromatic heterocycles. The van der Waals surface area contributed by atoms with Gasteiger partial charge in [0.2, 0.25) is 5.91 Å². The van der Waals surface area contributed by atoms with Crippen molar-refractivity contribution in [2.24, 2.45) is 0 Å². The van der Waals surface area contributed by atoms with Crippen LogP contribution in [0, 0.1) is 6.92 Å². The molecule has 0 spiro atoms. The van der Waals surface area contributed by atoms with Crippen molar-refractivity contribution in [3.8, 4) is 0 Å². The summed E-state index contributed by atoms with van der Waals surface area (Å²) >= 11 is 9.35. The van der Waals surface area contributed by atoms with Crippen molar-refractivity contribution in [3.05, 3.63) is 64.7 Å². The topological polar surface area (TPSA) is 29.1 Å². The summed E-state index contributed by atoms with van der Waals surface area (Å²) in [7, 11) is 0. The number of hydrogen-bond acceptors (Lipinski definition) is 3. The maximum Gasteiger partial charge on any atom is 0.233 e. The fraction of sp³-hybridized carbons (Fsp3) is 0.350. The van der Waals surface area contributed by atoms with Gasteiger partial charge in [0.05, 0.1) is 5.25 Å². The van der Waals surface area contributed by atoms with Crippen LogP contribution in [0.1, 0.15) is 24.5 Å². The Morgan fingerprint density at radius 3 is 2.56 bits per heavy atom. The van der Waals surface area contributed by atoms with Crippen LogP contribution in [-0.2, 0) is 10.5 Å². The van der Waals surface area contributed by atoms with E-state index in [0.717, 1.165) is 22.8 Å². The first kappa shape index (κ1) is 20.2. The van der Waals surface area contributed by atoms with Crippen LogP contribution in [0.5, 0.6) is 0 Å². The second-order valence-corrected chi connectivity index (χ2v) is 8.56. The zero-order valence-electron chi connectivity index (χ0n) is 14.6. The number of carbonyl (C=O) groups excluding carboxylic acids is 1. The molecule has 0 fully saturated rings. The summed E-state index contributed by atoms with van der Waals surface area (Å²) in [6, 6.07) is 16.1. The van der Waals surface area contributed by atoms with Crippen molar-refractivity contribution in [1.82, 2.24) is 5.32 Å². The molecular weight excluding hydrogens is 370 g/mol. The molecule has 0 unspecified atom stereocenters. The number of rotatable bonds is 9. The zero-order valence-corrected chi connectivity index (χ0v) is 17.0. The Morgan fingerprint density at radius 2 is 1.88 bits per heavy atom. The second-order valence-electron chi connectivity index (χ2n) is 5.74. The fourth-order valence-corrected chi connectivity index (χ4v) is 4.35. The number of aryl methyl sites for hydroxylation is 1. The van der Waals surface area contributed by atoms with Crippen molar-refractivity contribution in [3.63, 3.8) is 0 Å². The third kappa shape index (κ3) is 6.96. The summed E-state index contributed by atoms with van der Waals surface area (Å²) in [6.07, 6.45) is 0.801. The third-order valence-corrected chi connectivity index (χ3v) is 6.46. The Morgan fingerprint density at radius 1 is 1.16 bits per heavy atom. The van der Waals surface area contributed by atoms with Gasteiger partial charge in [-0.05, 0) is 48.7 Å². The van der Waals surface area contributed by atoms with Crippen LogP contribution in [0.2, 0.25) is 5.02 Å². The summed E-state index contributed by atoms with van der Waals surface area (Å²) in [5.74, 6) is 2.01. The highest BCUT2D eigenvalue weighted by Crippen LogP contribution is 2.26. The van der Waals surface area contributed by atoms with E-state index in [1.165, 1.54) is 11.1 Å². The summed E-state index contributed by atoms with van der Waals surface area (Å²) < 4.78 is 0. The van der Waals surface area contributed by atoms with Crippen molar-refractivity contribution >= 4 is 41.0 Å². The molecule has 25 heavy (non-hydrogen) atoms. The van der Waals surface area contributed by atoms with Crippen molar-refractivity contribution < 1.29 is 4.79 Å². The highest BCUT2D eigenvalue weighted by atomic mass is 35.5. The van der Waals surface area contributed by atoms with E-state index < -0.39 is 0 Å². The van der Waals surface area contributed by atoms with Gasteiger partial charge in [0.15, 0.2) is 0 Å². The summed E-state index contributed by atoms with van der Waals surface area (Å²) in [5, 5.41) is 3.71. The molecule has 0 bridgehead atoms. The molecule has 134 valence electrons. The normalized spacial score (nSPS) is 12.0. The van der Waals surface area contributed by atoms with Gasteiger partial charge in [0, 0.05) is 28.0 Å². The van der Waals surface area contributed by atoms with Gasteiger partial charge in [0.25, 0.3) is 0 Å². The number of benzene rings is 2. The summed E-state index contributed by atoms with van der Waals surface area (Å²) in [6.45, 7) is 4.88. The molecule has 0 aliphatic carbocycles. The maximum absolute atomic E-state index is 12.4. The van der Waals surface area contributed by atoms with Crippen molar-refractivity contribution in [2.75, 3.05) is 12.3 Å². The Bertz CT molecular complexity index is 676. The van der Waals surface area contributed by atoms with Gasteiger partial charge in [0.1, 0.15) is 0 Å². The van der Waals surface area contributed by atoms with Gasteiger partial charge < -0.3 is 5.32 Å². The van der Waals surface area contributed by atoms with Gasteiger partial charge in [-0.25, -0.2) is 0 Å². The lowest BCUT2D eigenvalue weighted by Crippen LogP contribution is -2.33. The smallest absolute Gasteiger partial charge is 0.233 e. The van der Waals surface area contributed by atoms with Gasteiger partial charge >= 0.3 is 0 Å². The minimum Gasteiger partial charge on any atom is -0.354 e. The number of hydrogen-bond donors (Lipinski definition) is 1. The maximum atomic E-state index is 12.4. The van der Waals surface area contributed by atoms with E-state index in [0.29, 0.717) is 11.6 Å². The highest BCUT2D eigenvalue weighted by Gasteiger charge is 2.17. The number of nitrogens with one attached hydrogen (secondary N) is 1. The zero-order chi connectivity index (χ0) is 18.1. The van der Waals surface area contributed by atoms with Gasteiger partial charge in [-0.3, -0.25) is 4.79 Å². The van der Waals surface area contributed by atoms with Crippen LogP contribution in [0.25, 0.3) is 0 Å². The van der Waals surface area contributed by atoms with Gasteiger partial charge in [-0.15, -0.1) is 11.8 Å². The Labute approximate surface area is 164 Å². The van der Waals surface area contributed by atoms with E-state index >= 15 is 0 Å². The predicted octanol–water partition coefficient (Wildman–Crippen LogP) is 5.57. The van der Waals surface area contributed by atoms with Gasteiger partial charge in [-0.2, -0.15) is 11.8 Å². The van der Waals surface area contributed by atoms with Crippen molar-refractivity contribution in [1.29, 1.82) is 0 Å². The van der Waals surface area contributed by atoms with Crippen LogP contribution in [0.15, 0.2) is 53.4 Å². The Balaban J connectivity index is 1.71. The molecule has 1 amide bonds. The first-order valence-corrected chi connectivity index (χ1v) is 10.8. The number of carbonyl (C=O) groups is 1. The molecule has 0 saturated heterocycles. The largest absolute Gasteiger partial charge is 0.354 e. The van der Waals surface area contributed by atoms with Crippen LogP contribution in [-0.4, -0.2) is 23.5 Å². The molecule has 1 N–H and O–H groups in total. The number of amides is 1. The van der Waals surface area contributed by atoms with E-state index in [4.69, 9.17) is 11.6 Å². The van der Waals surface area contributed by atoms with E-state index in [2.05, 4.69) is 36.5 Å². The monoisotopic (exact) mass is 393 g/mol.